The maximum Gasteiger partial charge on any atom is 0.161 e. The predicted octanol–water partition coefficient (Wildman–Crippen LogP) is 6.30. The molecule has 0 amide bonds. The van der Waals surface area contributed by atoms with E-state index in [1.54, 1.807) is 26.4 Å². The van der Waals surface area contributed by atoms with Crippen molar-refractivity contribution in [3.8, 4) is 17.2 Å². The van der Waals surface area contributed by atoms with Gasteiger partial charge in [0.1, 0.15) is 12.4 Å². The third-order valence-corrected chi connectivity index (χ3v) is 5.18. The van der Waals surface area contributed by atoms with E-state index >= 15 is 0 Å². The van der Waals surface area contributed by atoms with Gasteiger partial charge < -0.3 is 19.5 Å². The van der Waals surface area contributed by atoms with Crippen LogP contribution in [0, 0.1) is 0 Å². The lowest BCUT2D eigenvalue weighted by Gasteiger charge is -2.13. The van der Waals surface area contributed by atoms with Crippen LogP contribution in [0.15, 0.2) is 60.7 Å². The van der Waals surface area contributed by atoms with E-state index in [2.05, 4.69) is 5.32 Å². The van der Waals surface area contributed by atoms with Gasteiger partial charge in [-0.2, -0.15) is 0 Å². The number of hydrogen-bond acceptors (Lipinski definition) is 4. The second-order valence-corrected chi connectivity index (χ2v) is 7.25. The molecule has 7 heteroatoms. The predicted molar refractivity (Wildman–Crippen MR) is 125 cm³/mol. The molecule has 30 heavy (non-hydrogen) atoms. The van der Waals surface area contributed by atoms with Crippen LogP contribution in [0.25, 0.3) is 0 Å². The summed E-state index contributed by atoms with van der Waals surface area (Å²) in [5.41, 5.74) is 3.14. The van der Waals surface area contributed by atoms with Gasteiger partial charge in [0.25, 0.3) is 0 Å². The Bertz CT molecular complexity index is 966. The first-order valence-electron chi connectivity index (χ1n) is 9.17. The lowest BCUT2D eigenvalue weighted by Crippen LogP contribution is -2.13. The fraction of sp³-hybridized carbons (Fsp3) is 0.217. The summed E-state index contributed by atoms with van der Waals surface area (Å²) in [4.78, 5) is 0. The first-order chi connectivity index (χ1) is 14.1. The molecule has 4 nitrogen and oxygen atoms in total. The maximum absolute atomic E-state index is 6.06. The summed E-state index contributed by atoms with van der Waals surface area (Å²) in [5, 5.41) is 4.47. The highest BCUT2D eigenvalue weighted by Crippen LogP contribution is 2.30. The van der Waals surface area contributed by atoms with Crippen molar-refractivity contribution in [2.75, 3.05) is 14.2 Å². The molecule has 0 unspecified atom stereocenters. The van der Waals surface area contributed by atoms with E-state index in [9.17, 15) is 0 Å². The van der Waals surface area contributed by atoms with E-state index in [0.717, 1.165) is 22.4 Å². The quantitative estimate of drug-likeness (QED) is 0.400. The van der Waals surface area contributed by atoms with Crippen LogP contribution in [0.3, 0.4) is 0 Å². The van der Waals surface area contributed by atoms with Crippen LogP contribution in [0.4, 0.5) is 0 Å². The van der Waals surface area contributed by atoms with E-state index in [4.69, 9.17) is 37.4 Å². The van der Waals surface area contributed by atoms with Gasteiger partial charge in [-0.1, -0.05) is 53.5 Å². The van der Waals surface area contributed by atoms with Crippen molar-refractivity contribution in [1.29, 1.82) is 0 Å². The van der Waals surface area contributed by atoms with Crippen molar-refractivity contribution >= 4 is 35.6 Å². The van der Waals surface area contributed by atoms with Crippen LogP contribution in [0.2, 0.25) is 10.0 Å². The fourth-order valence-corrected chi connectivity index (χ4v) is 3.24. The molecule has 3 aromatic rings. The smallest absolute Gasteiger partial charge is 0.161 e. The molecule has 0 bridgehead atoms. The Kier molecular flexibility index (Phi) is 9.60. The number of ether oxygens (including phenoxy) is 3. The van der Waals surface area contributed by atoms with Gasteiger partial charge in [0.15, 0.2) is 11.5 Å². The lowest BCUT2D eigenvalue weighted by atomic mass is 10.1. The monoisotopic (exact) mass is 467 g/mol. The Morgan fingerprint density at radius 1 is 0.733 bits per heavy atom. The molecule has 0 aliphatic heterocycles. The highest BCUT2D eigenvalue weighted by Gasteiger charge is 2.08. The summed E-state index contributed by atoms with van der Waals surface area (Å²) in [7, 11) is 3.31. The molecule has 0 aliphatic rings. The second-order valence-electron chi connectivity index (χ2n) is 6.44. The second kappa shape index (κ2) is 11.9. The molecule has 0 heterocycles. The molecular formula is C23H24Cl3NO3. The van der Waals surface area contributed by atoms with Crippen LogP contribution < -0.4 is 19.5 Å². The average Bonchev–Trinajstić information content (AvgIpc) is 2.75. The van der Waals surface area contributed by atoms with Crippen molar-refractivity contribution in [2.45, 2.75) is 19.7 Å². The molecule has 3 aromatic carbocycles. The van der Waals surface area contributed by atoms with Crippen molar-refractivity contribution in [3.63, 3.8) is 0 Å². The molecule has 0 fully saturated rings. The van der Waals surface area contributed by atoms with Crippen LogP contribution in [-0.2, 0) is 19.7 Å². The number of rotatable bonds is 9. The molecule has 1 N–H and O–H groups in total. The minimum Gasteiger partial charge on any atom is -0.496 e. The largest absolute Gasteiger partial charge is 0.496 e. The highest BCUT2D eigenvalue weighted by molar-refractivity contribution is 6.42. The Morgan fingerprint density at radius 3 is 2.20 bits per heavy atom. The van der Waals surface area contributed by atoms with Gasteiger partial charge in [-0.3, -0.25) is 0 Å². The number of halogens is 3. The van der Waals surface area contributed by atoms with Crippen molar-refractivity contribution in [3.05, 3.63) is 87.4 Å². The lowest BCUT2D eigenvalue weighted by molar-refractivity contribution is 0.284. The molecule has 0 aromatic heterocycles. The van der Waals surface area contributed by atoms with Crippen molar-refractivity contribution in [2.24, 2.45) is 0 Å². The number of benzene rings is 3. The van der Waals surface area contributed by atoms with Gasteiger partial charge in [-0.05, 0) is 41.5 Å². The molecule has 160 valence electrons. The summed E-state index contributed by atoms with van der Waals surface area (Å²) in [5.74, 6) is 2.23. The van der Waals surface area contributed by atoms with Crippen molar-refractivity contribution < 1.29 is 14.2 Å². The van der Waals surface area contributed by atoms with Gasteiger partial charge in [0.05, 0.1) is 24.3 Å². The van der Waals surface area contributed by atoms with Gasteiger partial charge in [0.2, 0.25) is 0 Å². The zero-order valence-corrected chi connectivity index (χ0v) is 19.1. The SMILES string of the molecule is COc1ccccc1CNCc1ccc(OCc2ccc(Cl)c(Cl)c2)c(OC)c1.Cl. The van der Waals surface area contributed by atoms with E-state index < -0.39 is 0 Å². The van der Waals surface area contributed by atoms with Crippen molar-refractivity contribution in [1.82, 2.24) is 5.32 Å². The number of para-hydroxylation sites is 1. The fourth-order valence-electron chi connectivity index (χ4n) is 2.92. The molecule has 0 spiro atoms. The van der Waals surface area contributed by atoms with E-state index in [1.165, 1.54) is 0 Å². The van der Waals surface area contributed by atoms with Gasteiger partial charge in [0, 0.05) is 18.7 Å². The Labute approximate surface area is 193 Å². The minimum absolute atomic E-state index is 0. The normalized spacial score (nSPS) is 10.3. The highest BCUT2D eigenvalue weighted by atomic mass is 35.5. The summed E-state index contributed by atoms with van der Waals surface area (Å²) in [6.45, 7) is 1.78. The third-order valence-electron chi connectivity index (χ3n) is 4.44. The van der Waals surface area contributed by atoms with Crippen LogP contribution >= 0.6 is 35.6 Å². The van der Waals surface area contributed by atoms with Crippen LogP contribution in [0.1, 0.15) is 16.7 Å². The van der Waals surface area contributed by atoms with E-state index in [-0.39, 0.29) is 12.4 Å². The van der Waals surface area contributed by atoms with E-state index in [0.29, 0.717) is 41.2 Å². The Morgan fingerprint density at radius 2 is 1.47 bits per heavy atom. The summed E-state index contributed by atoms with van der Waals surface area (Å²) < 4.78 is 16.8. The molecule has 0 radical (unpaired) electrons. The molecule has 0 saturated heterocycles. The molecule has 0 aliphatic carbocycles. The summed E-state index contributed by atoms with van der Waals surface area (Å²) >= 11 is 12.0. The van der Waals surface area contributed by atoms with Crippen LogP contribution in [-0.4, -0.2) is 14.2 Å². The molecular weight excluding hydrogens is 445 g/mol. The summed E-state index contributed by atoms with van der Waals surface area (Å²) in [6.07, 6.45) is 0. The minimum atomic E-state index is 0. The molecule has 0 atom stereocenters. The number of hydrogen-bond donors (Lipinski definition) is 1. The standard InChI is InChI=1S/C23H23Cl2NO3.ClH/c1-27-21-6-4-3-5-18(21)14-26-13-16-8-10-22(23(12-16)28-2)29-15-17-7-9-19(24)20(25)11-17;/h3-12,26H,13-15H2,1-2H3;1H. The van der Waals surface area contributed by atoms with Crippen LogP contribution in [0.5, 0.6) is 17.2 Å². The van der Waals surface area contributed by atoms with Gasteiger partial charge >= 0.3 is 0 Å². The number of nitrogens with one attached hydrogen (secondary N) is 1. The first kappa shape index (κ1) is 24.2. The topological polar surface area (TPSA) is 39.7 Å². The molecule has 0 saturated carbocycles. The zero-order chi connectivity index (χ0) is 20.6. The van der Waals surface area contributed by atoms with E-state index in [1.807, 2.05) is 48.5 Å². The number of methoxy groups -OCH3 is 2. The average molecular weight is 469 g/mol. The zero-order valence-electron chi connectivity index (χ0n) is 16.8. The first-order valence-corrected chi connectivity index (χ1v) is 9.92. The maximum atomic E-state index is 6.06. The summed E-state index contributed by atoms with van der Waals surface area (Å²) in [6, 6.07) is 19.3. The van der Waals surface area contributed by atoms with Gasteiger partial charge in [-0.15, -0.1) is 12.4 Å². The molecule has 3 rings (SSSR count). The Hall–Kier alpha value is -2.11. The third kappa shape index (κ3) is 6.44. The Balaban J connectivity index is 0.00000320. The van der Waals surface area contributed by atoms with Gasteiger partial charge in [-0.25, -0.2) is 0 Å².